The van der Waals surface area contributed by atoms with Gasteiger partial charge in [0.2, 0.25) is 0 Å². The van der Waals surface area contributed by atoms with E-state index in [1.165, 1.54) is 18.1 Å². The molecule has 3 heteroatoms. The first kappa shape index (κ1) is 14.0. The second-order valence-corrected chi connectivity index (χ2v) is 4.87. The number of halogens is 2. The van der Waals surface area contributed by atoms with Gasteiger partial charge in [-0.15, -0.1) is 12.4 Å². The molecule has 2 aromatic carbocycles. The molecule has 1 aliphatic rings. The van der Waals surface area contributed by atoms with Crippen LogP contribution in [0.3, 0.4) is 0 Å². The summed E-state index contributed by atoms with van der Waals surface area (Å²) in [4.78, 5) is 0. The molecule has 0 bridgehead atoms. The minimum atomic E-state index is -0.162. The molecule has 0 saturated heterocycles. The molecule has 1 saturated carbocycles. The van der Waals surface area contributed by atoms with Gasteiger partial charge in [-0.05, 0) is 29.7 Å². The van der Waals surface area contributed by atoms with E-state index in [2.05, 4.69) is 29.6 Å². The third-order valence-corrected chi connectivity index (χ3v) is 3.48. The first-order valence-corrected chi connectivity index (χ1v) is 6.36. The number of hydrogen-bond acceptors (Lipinski definition) is 1. The molecule has 0 amide bonds. The van der Waals surface area contributed by atoms with Crippen LogP contribution < -0.4 is 5.32 Å². The van der Waals surface area contributed by atoms with Crippen LogP contribution in [0, 0.1) is 5.82 Å². The topological polar surface area (TPSA) is 12.0 Å². The van der Waals surface area contributed by atoms with Gasteiger partial charge >= 0.3 is 0 Å². The molecule has 2 atom stereocenters. The smallest absolute Gasteiger partial charge is 0.123 e. The van der Waals surface area contributed by atoms with E-state index in [-0.39, 0.29) is 18.2 Å². The second-order valence-electron chi connectivity index (χ2n) is 4.87. The molecular formula is C16H17ClFN. The Balaban J connectivity index is 0.00000133. The number of benzene rings is 2. The predicted molar refractivity (Wildman–Crippen MR) is 78.1 cm³/mol. The summed E-state index contributed by atoms with van der Waals surface area (Å²) in [7, 11) is 0. The van der Waals surface area contributed by atoms with Crippen molar-refractivity contribution in [2.45, 2.75) is 24.9 Å². The molecule has 0 spiro atoms. The zero-order chi connectivity index (χ0) is 12.4. The highest BCUT2D eigenvalue weighted by molar-refractivity contribution is 5.85. The molecule has 1 nitrogen and oxygen atoms in total. The lowest BCUT2D eigenvalue weighted by Gasteiger charge is -2.04. The van der Waals surface area contributed by atoms with Crippen molar-refractivity contribution in [3.05, 3.63) is 71.5 Å². The van der Waals surface area contributed by atoms with Gasteiger partial charge < -0.3 is 5.32 Å². The molecule has 1 aliphatic carbocycles. The van der Waals surface area contributed by atoms with E-state index in [4.69, 9.17) is 0 Å². The summed E-state index contributed by atoms with van der Waals surface area (Å²) < 4.78 is 13.0. The van der Waals surface area contributed by atoms with E-state index in [1.807, 2.05) is 12.1 Å². The van der Waals surface area contributed by atoms with Crippen molar-refractivity contribution < 1.29 is 4.39 Å². The van der Waals surface area contributed by atoms with Crippen molar-refractivity contribution in [3.8, 4) is 0 Å². The van der Waals surface area contributed by atoms with Crippen molar-refractivity contribution in [2.75, 3.05) is 0 Å². The Hall–Kier alpha value is -1.38. The first-order valence-electron chi connectivity index (χ1n) is 6.36. The van der Waals surface area contributed by atoms with Crippen LogP contribution in [0.2, 0.25) is 0 Å². The van der Waals surface area contributed by atoms with Crippen LogP contribution in [0.4, 0.5) is 4.39 Å². The Kier molecular flexibility index (Phi) is 4.56. The molecule has 1 N–H and O–H groups in total. The fourth-order valence-electron chi connectivity index (χ4n) is 2.39. The molecule has 19 heavy (non-hydrogen) atoms. The SMILES string of the molecule is Cl.Fc1cccc(CNC2CC2c2ccccc2)c1. The van der Waals surface area contributed by atoms with E-state index in [0.29, 0.717) is 12.0 Å². The number of rotatable bonds is 4. The molecule has 0 aliphatic heterocycles. The Morgan fingerprint density at radius 1 is 1.05 bits per heavy atom. The van der Waals surface area contributed by atoms with Crippen LogP contribution in [-0.2, 0) is 6.54 Å². The molecular weight excluding hydrogens is 261 g/mol. The Morgan fingerprint density at radius 2 is 1.84 bits per heavy atom. The van der Waals surface area contributed by atoms with Gasteiger partial charge in [0, 0.05) is 18.5 Å². The summed E-state index contributed by atoms with van der Waals surface area (Å²) in [6, 6.07) is 17.9. The lowest BCUT2D eigenvalue weighted by Crippen LogP contribution is -2.17. The minimum absolute atomic E-state index is 0. The van der Waals surface area contributed by atoms with E-state index < -0.39 is 0 Å². The van der Waals surface area contributed by atoms with Crippen molar-refractivity contribution in [3.63, 3.8) is 0 Å². The average Bonchev–Trinajstić information content (AvgIpc) is 3.17. The molecule has 3 rings (SSSR count). The summed E-state index contributed by atoms with van der Waals surface area (Å²) in [5.41, 5.74) is 2.41. The van der Waals surface area contributed by atoms with Crippen LogP contribution in [0.5, 0.6) is 0 Å². The normalized spacial score (nSPS) is 20.7. The highest BCUT2D eigenvalue weighted by atomic mass is 35.5. The summed E-state index contributed by atoms with van der Waals surface area (Å²) in [6.07, 6.45) is 1.18. The van der Waals surface area contributed by atoms with Crippen LogP contribution in [-0.4, -0.2) is 6.04 Å². The largest absolute Gasteiger partial charge is 0.309 e. The Labute approximate surface area is 119 Å². The van der Waals surface area contributed by atoms with E-state index >= 15 is 0 Å². The summed E-state index contributed by atoms with van der Waals surface area (Å²) in [6.45, 7) is 0.742. The van der Waals surface area contributed by atoms with Crippen molar-refractivity contribution in [1.29, 1.82) is 0 Å². The quantitative estimate of drug-likeness (QED) is 0.894. The van der Waals surface area contributed by atoms with Crippen molar-refractivity contribution in [1.82, 2.24) is 5.32 Å². The van der Waals surface area contributed by atoms with Crippen LogP contribution in [0.1, 0.15) is 23.5 Å². The van der Waals surface area contributed by atoms with Crippen LogP contribution in [0.15, 0.2) is 54.6 Å². The van der Waals surface area contributed by atoms with E-state index in [1.54, 1.807) is 12.1 Å². The highest BCUT2D eigenvalue weighted by Gasteiger charge is 2.37. The van der Waals surface area contributed by atoms with Gasteiger partial charge in [-0.3, -0.25) is 0 Å². The van der Waals surface area contributed by atoms with Crippen LogP contribution >= 0.6 is 12.4 Å². The van der Waals surface area contributed by atoms with E-state index in [9.17, 15) is 4.39 Å². The Bertz CT molecular complexity index is 529. The Morgan fingerprint density at radius 3 is 2.58 bits per heavy atom. The zero-order valence-corrected chi connectivity index (χ0v) is 11.4. The molecule has 0 heterocycles. The molecule has 0 radical (unpaired) electrons. The zero-order valence-electron chi connectivity index (χ0n) is 10.6. The summed E-state index contributed by atoms with van der Waals surface area (Å²) in [5.74, 6) is 0.462. The third kappa shape index (κ3) is 3.55. The van der Waals surface area contributed by atoms with Gasteiger partial charge in [0.25, 0.3) is 0 Å². The number of hydrogen-bond donors (Lipinski definition) is 1. The minimum Gasteiger partial charge on any atom is -0.309 e. The molecule has 1 fully saturated rings. The van der Waals surface area contributed by atoms with Gasteiger partial charge in [-0.1, -0.05) is 42.5 Å². The van der Waals surface area contributed by atoms with Gasteiger partial charge in [-0.25, -0.2) is 4.39 Å². The lowest BCUT2D eigenvalue weighted by atomic mass is 10.1. The maximum Gasteiger partial charge on any atom is 0.123 e. The van der Waals surface area contributed by atoms with Gasteiger partial charge in [0.15, 0.2) is 0 Å². The fourth-order valence-corrected chi connectivity index (χ4v) is 2.39. The maximum atomic E-state index is 13.0. The monoisotopic (exact) mass is 277 g/mol. The third-order valence-electron chi connectivity index (χ3n) is 3.48. The molecule has 0 aromatic heterocycles. The van der Waals surface area contributed by atoms with Gasteiger partial charge in [0.1, 0.15) is 5.82 Å². The van der Waals surface area contributed by atoms with Crippen molar-refractivity contribution in [2.24, 2.45) is 0 Å². The van der Waals surface area contributed by atoms with Crippen LogP contribution in [0.25, 0.3) is 0 Å². The lowest BCUT2D eigenvalue weighted by molar-refractivity contribution is 0.618. The maximum absolute atomic E-state index is 13.0. The standard InChI is InChI=1S/C16H16FN.ClH/c17-14-8-4-5-12(9-14)11-18-16-10-15(16)13-6-2-1-3-7-13;/h1-9,15-16,18H,10-11H2;1H. The molecule has 100 valence electrons. The van der Waals surface area contributed by atoms with Gasteiger partial charge in [0.05, 0.1) is 0 Å². The number of nitrogens with one attached hydrogen (secondary N) is 1. The summed E-state index contributed by atoms with van der Waals surface area (Å²) >= 11 is 0. The predicted octanol–water partition coefficient (Wildman–Crippen LogP) is 3.89. The first-order chi connectivity index (χ1) is 8.83. The molecule has 2 unspecified atom stereocenters. The summed E-state index contributed by atoms with van der Waals surface area (Å²) in [5, 5.41) is 3.48. The second kappa shape index (κ2) is 6.18. The molecule has 2 aromatic rings. The highest BCUT2D eigenvalue weighted by Crippen LogP contribution is 2.40. The van der Waals surface area contributed by atoms with E-state index in [0.717, 1.165) is 12.1 Å². The average molecular weight is 278 g/mol. The van der Waals surface area contributed by atoms with Crippen molar-refractivity contribution >= 4 is 12.4 Å². The fraction of sp³-hybridized carbons (Fsp3) is 0.250. The van der Waals surface area contributed by atoms with Gasteiger partial charge in [-0.2, -0.15) is 0 Å².